The van der Waals surface area contributed by atoms with Gasteiger partial charge in [0, 0.05) is 9.95 Å². The Hall–Kier alpha value is -2.61. The molecule has 22 heavy (non-hydrogen) atoms. The Kier molecular flexibility index (Phi) is 6.33. The highest BCUT2D eigenvalue weighted by Crippen LogP contribution is 2.18. The van der Waals surface area contributed by atoms with E-state index in [9.17, 15) is 19.7 Å². The molecular weight excluding hydrogens is 316 g/mol. The molecule has 1 aromatic rings. The number of hydrogen-bond donors (Lipinski definition) is 1. The van der Waals surface area contributed by atoms with E-state index in [0.29, 0.717) is 10.6 Å². The highest BCUT2D eigenvalue weighted by molar-refractivity contribution is 6.31. The van der Waals surface area contributed by atoms with Gasteiger partial charge in [-0.2, -0.15) is 0 Å². The second kappa shape index (κ2) is 7.99. The second-order valence-electron chi connectivity index (χ2n) is 4.16. The zero-order valence-corrected chi connectivity index (χ0v) is 12.1. The molecule has 1 rings (SSSR count). The third-order valence-corrected chi connectivity index (χ3v) is 2.78. The van der Waals surface area contributed by atoms with Crippen molar-refractivity contribution < 1.29 is 24.0 Å². The lowest BCUT2D eigenvalue weighted by molar-refractivity contribution is -0.528. The molecule has 8 nitrogen and oxygen atoms in total. The quantitative estimate of drug-likeness (QED) is 0.351. The number of amides is 1. The maximum absolute atomic E-state index is 11.8. The number of primary amides is 1. The zero-order chi connectivity index (χ0) is 16.7. The van der Waals surface area contributed by atoms with Gasteiger partial charge in [-0.1, -0.05) is 30.3 Å². The van der Waals surface area contributed by atoms with Crippen LogP contribution in [0.3, 0.4) is 0 Å². The van der Waals surface area contributed by atoms with Crippen molar-refractivity contribution in [3.05, 3.63) is 51.5 Å². The Morgan fingerprint density at radius 2 is 2.00 bits per heavy atom. The van der Waals surface area contributed by atoms with Crippen molar-refractivity contribution in [2.75, 3.05) is 13.2 Å². The number of rotatable bonds is 7. The van der Waals surface area contributed by atoms with Crippen LogP contribution in [0.4, 0.5) is 4.79 Å². The van der Waals surface area contributed by atoms with Crippen LogP contribution < -0.4 is 5.73 Å². The summed E-state index contributed by atoms with van der Waals surface area (Å²) >= 11 is 5.79. The maximum Gasteiger partial charge on any atom is 0.404 e. The van der Waals surface area contributed by atoms with E-state index in [1.807, 2.05) is 0 Å². The molecule has 0 aromatic heterocycles. The van der Waals surface area contributed by atoms with Gasteiger partial charge in [0.2, 0.25) is 0 Å². The number of halogens is 1. The van der Waals surface area contributed by atoms with Crippen molar-refractivity contribution in [2.45, 2.75) is 6.04 Å². The molecule has 1 amide bonds. The maximum atomic E-state index is 11.8. The van der Waals surface area contributed by atoms with Gasteiger partial charge in [0.25, 0.3) is 6.04 Å². The molecule has 0 fully saturated rings. The van der Waals surface area contributed by atoms with E-state index in [-0.39, 0.29) is 5.57 Å². The summed E-state index contributed by atoms with van der Waals surface area (Å²) in [6.45, 7) is 2.37. The van der Waals surface area contributed by atoms with Gasteiger partial charge >= 0.3 is 12.1 Å². The lowest BCUT2D eigenvalue weighted by atomic mass is 10.1. The van der Waals surface area contributed by atoms with Crippen LogP contribution in [0, 0.1) is 10.1 Å². The van der Waals surface area contributed by atoms with Crippen LogP contribution >= 0.6 is 11.6 Å². The molecule has 0 aliphatic heterocycles. The van der Waals surface area contributed by atoms with Crippen LogP contribution in [0.15, 0.2) is 30.8 Å². The third kappa shape index (κ3) is 5.41. The van der Waals surface area contributed by atoms with Crippen molar-refractivity contribution in [3.63, 3.8) is 0 Å². The molecule has 0 bridgehead atoms. The van der Waals surface area contributed by atoms with Crippen LogP contribution in [-0.2, 0) is 14.3 Å². The van der Waals surface area contributed by atoms with Crippen LogP contribution in [0.2, 0.25) is 5.02 Å². The molecule has 0 saturated heterocycles. The van der Waals surface area contributed by atoms with Crippen molar-refractivity contribution in [2.24, 2.45) is 5.73 Å². The van der Waals surface area contributed by atoms with E-state index < -0.39 is 36.2 Å². The lowest BCUT2D eigenvalue weighted by Gasteiger charge is -2.11. The summed E-state index contributed by atoms with van der Waals surface area (Å²) in [5, 5.41) is 11.2. The molecule has 0 heterocycles. The normalized spacial score (nSPS) is 11.3. The third-order valence-electron chi connectivity index (χ3n) is 2.54. The molecule has 0 saturated carbocycles. The first-order chi connectivity index (χ1) is 10.3. The fourth-order valence-electron chi connectivity index (χ4n) is 1.40. The minimum Gasteiger partial charge on any atom is -0.455 e. The predicted octanol–water partition coefficient (Wildman–Crippen LogP) is 1.64. The standard InChI is InChI=1S/C13H13ClN2O6/c1-8(9-3-2-4-10(14)5-9)12(17)21-6-11(16(19)20)7-22-13(15)18/h2-5,11H,1,6-7H2,(H2,15,18). The molecule has 1 unspecified atom stereocenters. The number of ether oxygens (including phenoxy) is 2. The molecule has 0 radical (unpaired) electrons. The van der Waals surface area contributed by atoms with Crippen LogP contribution in [0.5, 0.6) is 0 Å². The summed E-state index contributed by atoms with van der Waals surface area (Å²) in [5.74, 6) is -0.840. The van der Waals surface area contributed by atoms with Gasteiger partial charge < -0.3 is 15.2 Å². The molecular formula is C13H13ClN2O6. The number of hydrogen-bond acceptors (Lipinski definition) is 6. The largest absolute Gasteiger partial charge is 0.455 e. The summed E-state index contributed by atoms with van der Waals surface area (Å²) < 4.78 is 9.12. The summed E-state index contributed by atoms with van der Waals surface area (Å²) in [7, 11) is 0. The van der Waals surface area contributed by atoms with E-state index >= 15 is 0 Å². The van der Waals surface area contributed by atoms with Gasteiger partial charge in [-0.25, -0.2) is 9.59 Å². The molecule has 9 heteroatoms. The van der Waals surface area contributed by atoms with Gasteiger partial charge in [0.05, 0.1) is 5.57 Å². The first-order valence-electron chi connectivity index (χ1n) is 5.99. The summed E-state index contributed by atoms with van der Waals surface area (Å²) in [4.78, 5) is 32.2. The smallest absolute Gasteiger partial charge is 0.404 e. The zero-order valence-electron chi connectivity index (χ0n) is 11.4. The average molecular weight is 329 g/mol. The Bertz CT molecular complexity index is 604. The van der Waals surface area contributed by atoms with Crippen molar-refractivity contribution in [1.29, 1.82) is 0 Å². The molecule has 0 spiro atoms. The van der Waals surface area contributed by atoms with Gasteiger partial charge in [0.15, 0.2) is 13.2 Å². The summed E-state index contributed by atoms with van der Waals surface area (Å²) in [6.07, 6.45) is -1.15. The molecule has 1 aromatic carbocycles. The first-order valence-corrected chi connectivity index (χ1v) is 6.36. The van der Waals surface area contributed by atoms with E-state index in [1.54, 1.807) is 18.2 Å². The fourth-order valence-corrected chi connectivity index (χ4v) is 1.59. The Morgan fingerprint density at radius 3 is 2.55 bits per heavy atom. The van der Waals surface area contributed by atoms with Gasteiger partial charge in [0.1, 0.15) is 0 Å². The Balaban J connectivity index is 2.61. The number of carbonyl (C=O) groups is 2. The number of nitrogens with two attached hydrogens (primary N) is 1. The number of nitrogens with zero attached hydrogens (tertiary/aromatic N) is 1. The van der Waals surface area contributed by atoms with Gasteiger partial charge in [-0.05, 0) is 17.7 Å². The second-order valence-corrected chi connectivity index (χ2v) is 4.59. The molecule has 0 aliphatic carbocycles. The van der Waals surface area contributed by atoms with Crippen LogP contribution in [0.25, 0.3) is 5.57 Å². The number of carbonyl (C=O) groups excluding carboxylic acids is 2. The predicted molar refractivity (Wildman–Crippen MR) is 77.8 cm³/mol. The Morgan fingerprint density at radius 1 is 1.36 bits per heavy atom. The monoisotopic (exact) mass is 328 g/mol. The Labute approximate surface area is 130 Å². The number of benzene rings is 1. The lowest BCUT2D eigenvalue weighted by Crippen LogP contribution is -2.33. The molecule has 1 atom stereocenters. The summed E-state index contributed by atoms with van der Waals surface area (Å²) in [6, 6.07) is 4.93. The van der Waals surface area contributed by atoms with Crippen molar-refractivity contribution in [3.8, 4) is 0 Å². The molecule has 118 valence electrons. The van der Waals surface area contributed by atoms with E-state index in [2.05, 4.69) is 11.3 Å². The minimum atomic E-state index is -1.41. The van der Waals surface area contributed by atoms with Crippen LogP contribution in [0.1, 0.15) is 5.56 Å². The fraction of sp³-hybridized carbons (Fsp3) is 0.231. The van der Waals surface area contributed by atoms with E-state index in [4.69, 9.17) is 22.1 Å². The molecule has 2 N–H and O–H groups in total. The highest BCUT2D eigenvalue weighted by atomic mass is 35.5. The van der Waals surface area contributed by atoms with Gasteiger partial charge in [-0.15, -0.1) is 0 Å². The highest BCUT2D eigenvalue weighted by Gasteiger charge is 2.25. The number of nitro groups is 1. The van der Waals surface area contributed by atoms with Crippen molar-refractivity contribution in [1.82, 2.24) is 0 Å². The minimum absolute atomic E-state index is 0.000387. The van der Waals surface area contributed by atoms with Gasteiger partial charge in [-0.3, -0.25) is 10.1 Å². The van der Waals surface area contributed by atoms with E-state index in [0.717, 1.165) is 0 Å². The topological polar surface area (TPSA) is 122 Å². The molecule has 0 aliphatic rings. The van der Waals surface area contributed by atoms with E-state index in [1.165, 1.54) is 6.07 Å². The van der Waals surface area contributed by atoms with Crippen molar-refractivity contribution >= 4 is 29.2 Å². The SMILES string of the molecule is C=C(C(=O)OCC(COC(N)=O)[N+](=O)[O-])c1cccc(Cl)c1. The average Bonchev–Trinajstić information content (AvgIpc) is 2.45. The first kappa shape index (κ1) is 17.4. The van der Waals surface area contributed by atoms with Crippen LogP contribution in [-0.4, -0.2) is 36.2 Å². The summed E-state index contributed by atoms with van der Waals surface area (Å²) in [5.41, 5.74) is 5.15. The number of esters is 1.